The Balaban J connectivity index is 1.76. The van der Waals surface area contributed by atoms with Crippen LogP contribution in [-0.4, -0.2) is 55.4 Å². The first-order chi connectivity index (χ1) is 12.1. The Kier molecular flexibility index (Phi) is 5.30. The third kappa shape index (κ3) is 3.51. The van der Waals surface area contributed by atoms with E-state index in [0.29, 0.717) is 0 Å². The standard InChI is InChI=1S/C20H28N2O3/c1-21(15-18(23)22-13-5-6-14-22)19(24)20(11-3-4-12-20)16-7-9-17(25-2)10-8-16/h7-10H,3-6,11-15H2,1-2H3. The smallest absolute Gasteiger partial charge is 0.242 e. The SMILES string of the molecule is COc1ccc(C2(C(=O)N(C)CC(=O)N3CCCC3)CCCC2)cc1. The van der Waals surface area contributed by atoms with Crippen LogP contribution in [0.15, 0.2) is 24.3 Å². The van der Waals surface area contributed by atoms with Crippen LogP contribution < -0.4 is 4.74 Å². The normalized spacial score (nSPS) is 19.0. The molecule has 1 aromatic rings. The van der Waals surface area contributed by atoms with Gasteiger partial charge < -0.3 is 14.5 Å². The molecular weight excluding hydrogens is 316 g/mol. The quantitative estimate of drug-likeness (QED) is 0.825. The fourth-order valence-corrected chi connectivity index (χ4v) is 4.22. The average Bonchev–Trinajstić information content (AvgIpc) is 3.33. The summed E-state index contributed by atoms with van der Waals surface area (Å²) >= 11 is 0. The van der Waals surface area contributed by atoms with Gasteiger partial charge in [-0.25, -0.2) is 0 Å². The van der Waals surface area contributed by atoms with E-state index in [1.165, 1.54) is 0 Å². The number of likely N-dealkylation sites (tertiary alicyclic amines) is 1. The molecule has 0 unspecified atom stereocenters. The van der Waals surface area contributed by atoms with E-state index in [2.05, 4.69) is 0 Å². The predicted octanol–water partition coefficient (Wildman–Crippen LogP) is 2.59. The number of benzene rings is 1. The molecule has 1 saturated heterocycles. The fourth-order valence-electron chi connectivity index (χ4n) is 4.22. The third-order valence-electron chi connectivity index (χ3n) is 5.69. The first-order valence-corrected chi connectivity index (χ1v) is 9.25. The van der Waals surface area contributed by atoms with Gasteiger partial charge in [0, 0.05) is 20.1 Å². The zero-order valence-electron chi connectivity index (χ0n) is 15.3. The van der Waals surface area contributed by atoms with E-state index >= 15 is 0 Å². The maximum atomic E-state index is 13.3. The monoisotopic (exact) mass is 344 g/mol. The van der Waals surface area contributed by atoms with Crippen LogP contribution in [-0.2, 0) is 15.0 Å². The first kappa shape index (κ1) is 17.8. The topological polar surface area (TPSA) is 49.9 Å². The van der Waals surface area contributed by atoms with Crippen LogP contribution in [0.1, 0.15) is 44.1 Å². The second kappa shape index (κ2) is 7.46. The summed E-state index contributed by atoms with van der Waals surface area (Å²) in [6, 6.07) is 7.83. The van der Waals surface area contributed by atoms with Gasteiger partial charge in [-0.05, 0) is 43.4 Å². The molecule has 136 valence electrons. The Bertz CT molecular complexity index is 614. The van der Waals surface area contributed by atoms with Crippen molar-refractivity contribution in [3.63, 3.8) is 0 Å². The van der Waals surface area contributed by atoms with Gasteiger partial charge in [-0.15, -0.1) is 0 Å². The van der Waals surface area contributed by atoms with Crippen LogP contribution >= 0.6 is 0 Å². The molecule has 0 aromatic heterocycles. The molecule has 1 aliphatic carbocycles. The highest BCUT2D eigenvalue weighted by molar-refractivity contribution is 5.91. The van der Waals surface area contributed by atoms with Crippen molar-refractivity contribution in [3.8, 4) is 5.75 Å². The van der Waals surface area contributed by atoms with Crippen LogP contribution in [0.3, 0.4) is 0 Å². The van der Waals surface area contributed by atoms with Gasteiger partial charge in [0.25, 0.3) is 0 Å². The summed E-state index contributed by atoms with van der Waals surface area (Å²) in [6.07, 6.45) is 5.93. The molecule has 2 amide bonds. The molecule has 5 heteroatoms. The number of likely N-dealkylation sites (N-methyl/N-ethyl adjacent to an activating group) is 1. The molecule has 1 aromatic carbocycles. The Labute approximate surface area is 149 Å². The van der Waals surface area contributed by atoms with Crippen LogP contribution in [0.5, 0.6) is 5.75 Å². The van der Waals surface area contributed by atoms with Crippen molar-refractivity contribution in [3.05, 3.63) is 29.8 Å². The molecule has 1 aliphatic heterocycles. The van der Waals surface area contributed by atoms with Gasteiger partial charge in [-0.3, -0.25) is 9.59 Å². The minimum absolute atomic E-state index is 0.0660. The maximum absolute atomic E-state index is 13.3. The second-order valence-electron chi connectivity index (χ2n) is 7.27. The van der Waals surface area contributed by atoms with Crippen molar-refractivity contribution >= 4 is 11.8 Å². The zero-order chi connectivity index (χ0) is 17.9. The van der Waals surface area contributed by atoms with Gasteiger partial charge in [0.1, 0.15) is 5.75 Å². The van der Waals surface area contributed by atoms with E-state index in [-0.39, 0.29) is 18.4 Å². The van der Waals surface area contributed by atoms with Gasteiger partial charge in [0.05, 0.1) is 19.1 Å². The lowest BCUT2D eigenvalue weighted by Gasteiger charge is -2.33. The summed E-state index contributed by atoms with van der Waals surface area (Å²) in [6.45, 7) is 1.83. The molecule has 0 spiro atoms. The Hall–Kier alpha value is -2.04. The van der Waals surface area contributed by atoms with Crippen LogP contribution in [0, 0.1) is 0 Å². The molecule has 0 radical (unpaired) electrons. The number of ether oxygens (including phenoxy) is 1. The molecule has 1 saturated carbocycles. The maximum Gasteiger partial charge on any atom is 0.242 e. The van der Waals surface area contributed by atoms with E-state index in [9.17, 15) is 9.59 Å². The number of rotatable bonds is 5. The van der Waals surface area contributed by atoms with E-state index in [0.717, 1.165) is 62.9 Å². The number of methoxy groups -OCH3 is 1. The molecule has 25 heavy (non-hydrogen) atoms. The molecule has 3 rings (SSSR count). The Morgan fingerprint density at radius 2 is 1.68 bits per heavy atom. The zero-order valence-corrected chi connectivity index (χ0v) is 15.3. The highest BCUT2D eigenvalue weighted by Crippen LogP contribution is 2.43. The minimum Gasteiger partial charge on any atom is -0.497 e. The summed E-state index contributed by atoms with van der Waals surface area (Å²) in [5.74, 6) is 0.931. The summed E-state index contributed by atoms with van der Waals surface area (Å²) in [5.41, 5.74) is 0.544. The lowest BCUT2D eigenvalue weighted by molar-refractivity contribution is -0.142. The number of hydrogen-bond donors (Lipinski definition) is 0. The second-order valence-corrected chi connectivity index (χ2v) is 7.27. The van der Waals surface area contributed by atoms with Crippen molar-refractivity contribution in [2.24, 2.45) is 0 Å². The molecule has 0 atom stereocenters. The van der Waals surface area contributed by atoms with Crippen molar-refractivity contribution in [1.29, 1.82) is 0 Å². The molecule has 5 nitrogen and oxygen atoms in total. The van der Waals surface area contributed by atoms with E-state index in [1.54, 1.807) is 19.1 Å². The molecule has 0 bridgehead atoms. The van der Waals surface area contributed by atoms with E-state index in [1.807, 2.05) is 29.2 Å². The van der Waals surface area contributed by atoms with Crippen molar-refractivity contribution in [1.82, 2.24) is 9.80 Å². The van der Waals surface area contributed by atoms with Crippen molar-refractivity contribution in [2.45, 2.75) is 43.9 Å². The van der Waals surface area contributed by atoms with Gasteiger partial charge in [0.15, 0.2) is 0 Å². The summed E-state index contributed by atoms with van der Waals surface area (Å²) in [7, 11) is 3.41. The average molecular weight is 344 g/mol. The highest BCUT2D eigenvalue weighted by atomic mass is 16.5. The largest absolute Gasteiger partial charge is 0.497 e. The Morgan fingerprint density at radius 3 is 2.24 bits per heavy atom. The Morgan fingerprint density at radius 1 is 1.08 bits per heavy atom. The number of nitrogens with zero attached hydrogens (tertiary/aromatic N) is 2. The van der Waals surface area contributed by atoms with E-state index in [4.69, 9.17) is 4.74 Å². The van der Waals surface area contributed by atoms with Crippen LogP contribution in [0.2, 0.25) is 0 Å². The predicted molar refractivity (Wildman–Crippen MR) is 96.6 cm³/mol. The van der Waals surface area contributed by atoms with Gasteiger partial charge in [-0.1, -0.05) is 25.0 Å². The van der Waals surface area contributed by atoms with Crippen LogP contribution in [0.4, 0.5) is 0 Å². The van der Waals surface area contributed by atoms with Crippen LogP contribution in [0.25, 0.3) is 0 Å². The van der Waals surface area contributed by atoms with Crippen molar-refractivity contribution < 1.29 is 14.3 Å². The molecule has 2 aliphatic rings. The number of carbonyl (C=O) groups is 2. The number of amides is 2. The number of hydrogen-bond acceptors (Lipinski definition) is 3. The first-order valence-electron chi connectivity index (χ1n) is 9.25. The summed E-state index contributed by atoms with van der Waals surface area (Å²) in [5, 5.41) is 0. The molecular formula is C20H28N2O3. The molecule has 1 heterocycles. The van der Waals surface area contributed by atoms with Gasteiger partial charge >= 0.3 is 0 Å². The fraction of sp³-hybridized carbons (Fsp3) is 0.600. The lowest BCUT2D eigenvalue weighted by atomic mass is 9.77. The highest BCUT2D eigenvalue weighted by Gasteiger charge is 2.44. The van der Waals surface area contributed by atoms with Crippen molar-refractivity contribution in [2.75, 3.05) is 33.8 Å². The van der Waals surface area contributed by atoms with E-state index < -0.39 is 5.41 Å². The van der Waals surface area contributed by atoms with Gasteiger partial charge in [0.2, 0.25) is 11.8 Å². The summed E-state index contributed by atoms with van der Waals surface area (Å²) < 4.78 is 5.24. The molecule has 2 fully saturated rings. The number of carbonyl (C=O) groups excluding carboxylic acids is 2. The lowest BCUT2D eigenvalue weighted by Crippen LogP contribution is -2.47. The third-order valence-corrected chi connectivity index (χ3v) is 5.69. The molecule has 0 N–H and O–H groups in total. The summed E-state index contributed by atoms with van der Waals surface area (Å²) in [4.78, 5) is 29.2. The van der Waals surface area contributed by atoms with Gasteiger partial charge in [-0.2, -0.15) is 0 Å². The minimum atomic E-state index is -0.494.